The monoisotopic (exact) mass is 238 g/mol. The van der Waals surface area contributed by atoms with E-state index in [9.17, 15) is 0 Å². The maximum Gasteiger partial charge on any atom is 0.0304 e. The Morgan fingerprint density at radius 3 is 2.41 bits per heavy atom. The first-order valence-corrected chi connectivity index (χ1v) is 7.72. The second-order valence-corrected chi connectivity index (χ2v) is 6.13. The molecule has 2 nitrogen and oxygen atoms in total. The van der Waals surface area contributed by atoms with E-state index in [1.807, 2.05) is 0 Å². The number of rotatable bonds is 6. The summed E-state index contributed by atoms with van der Waals surface area (Å²) < 4.78 is 0. The maximum absolute atomic E-state index is 3.82. The molecular formula is C15H30N2. The molecule has 1 aliphatic carbocycles. The molecule has 100 valence electrons. The summed E-state index contributed by atoms with van der Waals surface area (Å²) in [4.78, 5) is 2.78. The van der Waals surface area contributed by atoms with E-state index in [1.54, 1.807) is 0 Å². The topological polar surface area (TPSA) is 15.3 Å². The molecule has 0 bridgehead atoms. The van der Waals surface area contributed by atoms with Crippen molar-refractivity contribution in [2.75, 3.05) is 19.6 Å². The van der Waals surface area contributed by atoms with E-state index >= 15 is 0 Å². The van der Waals surface area contributed by atoms with Crippen LogP contribution in [-0.4, -0.2) is 36.1 Å². The Morgan fingerprint density at radius 2 is 1.88 bits per heavy atom. The summed E-state index contributed by atoms with van der Waals surface area (Å²) >= 11 is 0. The number of nitrogens with one attached hydrogen (secondary N) is 1. The molecule has 1 aliphatic heterocycles. The van der Waals surface area contributed by atoms with Crippen LogP contribution in [0.15, 0.2) is 0 Å². The predicted octanol–water partition coefficient (Wildman–Crippen LogP) is 3.03. The van der Waals surface area contributed by atoms with E-state index in [-0.39, 0.29) is 0 Å². The number of nitrogens with zero attached hydrogens (tertiary/aromatic N) is 1. The Balaban J connectivity index is 1.91. The van der Waals surface area contributed by atoms with Crippen molar-refractivity contribution >= 4 is 0 Å². The first-order chi connectivity index (χ1) is 8.23. The minimum atomic E-state index is 0.398. The number of piperazine rings is 1. The molecule has 2 heteroatoms. The molecule has 0 spiro atoms. The lowest BCUT2D eigenvalue weighted by Crippen LogP contribution is -2.63. The second kappa shape index (κ2) is 5.71. The van der Waals surface area contributed by atoms with Crippen LogP contribution in [0.2, 0.25) is 0 Å². The summed E-state index contributed by atoms with van der Waals surface area (Å²) in [5, 5.41) is 3.82. The van der Waals surface area contributed by atoms with E-state index in [2.05, 4.69) is 31.0 Å². The smallest absolute Gasteiger partial charge is 0.0304 e. The minimum absolute atomic E-state index is 0.398. The van der Waals surface area contributed by atoms with Gasteiger partial charge in [0.2, 0.25) is 0 Å². The van der Waals surface area contributed by atoms with Crippen molar-refractivity contribution in [2.45, 2.75) is 70.9 Å². The molecule has 0 aromatic carbocycles. The molecule has 0 radical (unpaired) electrons. The van der Waals surface area contributed by atoms with Gasteiger partial charge >= 0.3 is 0 Å². The molecule has 0 aromatic heterocycles. The fourth-order valence-electron chi connectivity index (χ4n) is 3.18. The zero-order chi connectivity index (χ0) is 12.3. The standard InChI is InChI=1S/C15H30N2/c1-4-14-11-16-15(5-2,6-3)12-17(14)10-9-13-7-8-13/h13-14,16H,4-12H2,1-3H3. The van der Waals surface area contributed by atoms with Crippen LogP contribution in [0.1, 0.15) is 59.3 Å². The zero-order valence-corrected chi connectivity index (χ0v) is 12.0. The van der Waals surface area contributed by atoms with Crippen LogP contribution >= 0.6 is 0 Å². The summed E-state index contributed by atoms with van der Waals surface area (Å²) in [5.41, 5.74) is 0.398. The van der Waals surface area contributed by atoms with Crippen LogP contribution in [0.4, 0.5) is 0 Å². The number of hydrogen-bond donors (Lipinski definition) is 1. The third kappa shape index (κ3) is 3.23. The van der Waals surface area contributed by atoms with Gasteiger partial charge in [0.15, 0.2) is 0 Å². The lowest BCUT2D eigenvalue weighted by Gasteiger charge is -2.47. The van der Waals surface area contributed by atoms with Gasteiger partial charge in [-0.05, 0) is 38.1 Å². The third-order valence-electron chi connectivity index (χ3n) is 5.08. The largest absolute Gasteiger partial charge is 0.308 e. The Morgan fingerprint density at radius 1 is 1.18 bits per heavy atom. The van der Waals surface area contributed by atoms with Crippen LogP contribution in [0.3, 0.4) is 0 Å². The molecule has 1 heterocycles. The third-order valence-corrected chi connectivity index (χ3v) is 5.08. The summed E-state index contributed by atoms with van der Waals surface area (Å²) in [6.45, 7) is 10.8. The Hall–Kier alpha value is -0.0800. The molecule has 1 unspecified atom stereocenters. The molecule has 1 saturated heterocycles. The van der Waals surface area contributed by atoms with E-state index in [0.717, 1.165) is 12.0 Å². The van der Waals surface area contributed by atoms with Gasteiger partial charge < -0.3 is 5.32 Å². The second-order valence-electron chi connectivity index (χ2n) is 6.13. The van der Waals surface area contributed by atoms with Crippen LogP contribution in [0.25, 0.3) is 0 Å². The van der Waals surface area contributed by atoms with Crippen molar-refractivity contribution in [3.8, 4) is 0 Å². The highest BCUT2D eigenvalue weighted by atomic mass is 15.2. The quantitative estimate of drug-likeness (QED) is 0.765. The Bertz CT molecular complexity index is 231. The summed E-state index contributed by atoms with van der Waals surface area (Å²) in [7, 11) is 0. The van der Waals surface area contributed by atoms with Gasteiger partial charge in [-0.3, -0.25) is 4.90 Å². The molecule has 1 N–H and O–H groups in total. The van der Waals surface area contributed by atoms with E-state index in [1.165, 1.54) is 58.2 Å². The summed E-state index contributed by atoms with van der Waals surface area (Å²) in [5.74, 6) is 1.07. The highest BCUT2D eigenvalue weighted by Crippen LogP contribution is 2.33. The fraction of sp³-hybridized carbons (Fsp3) is 1.00. The van der Waals surface area contributed by atoms with Gasteiger partial charge in [-0.25, -0.2) is 0 Å². The SMILES string of the molecule is CCC1CNC(CC)(CC)CN1CCC1CC1. The molecule has 17 heavy (non-hydrogen) atoms. The van der Waals surface area contributed by atoms with Gasteiger partial charge in [-0.15, -0.1) is 0 Å². The molecule has 0 aromatic rings. The van der Waals surface area contributed by atoms with Crippen molar-refractivity contribution in [2.24, 2.45) is 5.92 Å². The van der Waals surface area contributed by atoms with Crippen molar-refractivity contribution in [1.29, 1.82) is 0 Å². The minimum Gasteiger partial charge on any atom is -0.308 e. The predicted molar refractivity (Wildman–Crippen MR) is 74.3 cm³/mol. The fourth-order valence-corrected chi connectivity index (χ4v) is 3.18. The summed E-state index contributed by atoms with van der Waals surface area (Å²) in [6, 6.07) is 0.778. The first kappa shape index (κ1) is 13.4. The maximum atomic E-state index is 3.82. The van der Waals surface area contributed by atoms with Gasteiger partial charge in [0.05, 0.1) is 0 Å². The van der Waals surface area contributed by atoms with Crippen molar-refractivity contribution in [3.63, 3.8) is 0 Å². The Labute approximate surface area is 107 Å². The van der Waals surface area contributed by atoms with Crippen LogP contribution in [0, 0.1) is 5.92 Å². The lowest BCUT2D eigenvalue weighted by atomic mass is 9.88. The molecule has 1 saturated carbocycles. The van der Waals surface area contributed by atoms with E-state index < -0.39 is 0 Å². The lowest BCUT2D eigenvalue weighted by molar-refractivity contribution is 0.0684. The van der Waals surface area contributed by atoms with Gasteiger partial charge in [0, 0.05) is 24.7 Å². The molecule has 2 rings (SSSR count). The zero-order valence-electron chi connectivity index (χ0n) is 12.0. The van der Waals surface area contributed by atoms with Gasteiger partial charge in [-0.2, -0.15) is 0 Å². The van der Waals surface area contributed by atoms with E-state index in [0.29, 0.717) is 5.54 Å². The average molecular weight is 238 g/mol. The van der Waals surface area contributed by atoms with Crippen LogP contribution < -0.4 is 5.32 Å². The molecule has 2 aliphatic rings. The van der Waals surface area contributed by atoms with Crippen molar-refractivity contribution in [1.82, 2.24) is 10.2 Å². The average Bonchev–Trinajstić information content (AvgIpc) is 3.20. The normalized spacial score (nSPS) is 29.5. The molecular weight excluding hydrogens is 208 g/mol. The van der Waals surface area contributed by atoms with Gasteiger partial charge in [0.1, 0.15) is 0 Å². The first-order valence-electron chi connectivity index (χ1n) is 7.72. The van der Waals surface area contributed by atoms with Crippen molar-refractivity contribution < 1.29 is 0 Å². The van der Waals surface area contributed by atoms with E-state index in [4.69, 9.17) is 0 Å². The molecule has 2 fully saturated rings. The Kier molecular flexibility index (Phi) is 4.48. The molecule has 1 atom stereocenters. The van der Waals surface area contributed by atoms with Crippen LogP contribution in [0.5, 0.6) is 0 Å². The number of hydrogen-bond acceptors (Lipinski definition) is 2. The molecule has 0 amide bonds. The van der Waals surface area contributed by atoms with Crippen molar-refractivity contribution in [3.05, 3.63) is 0 Å². The summed E-state index contributed by atoms with van der Waals surface area (Å²) in [6.07, 6.45) is 8.26. The highest BCUT2D eigenvalue weighted by Gasteiger charge is 2.36. The van der Waals surface area contributed by atoms with Gasteiger partial charge in [0.25, 0.3) is 0 Å². The van der Waals surface area contributed by atoms with Crippen LogP contribution in [-0.2, 0) is 0 Å². The van der Waals surface area contributed by atoms with Gasteiger partial charge in [-0.1, -0.05) is 33.6 Å². The highest BCUT2D eigenvalue weighted by molar-refractivity contribution is 4.96.